The number of nitrogens with one attached hydrogen (secondary N) is 1. The van der Waals surface area contributed by atoms with Crippen molar-refractivity contribution in [3.63, 3.8) is 0 Å². The number of aromatic nitrogens is 2. The highest BCUT2D eigenvalue weighted by molar-refractivity contribution is 7.89. The highest BCUT2D eigenvalue weighted by Gasteiger charge is 2.18. The molecule has 6 heteroatoms. The zero-order valence-electron chi connectivity index (χ0n) is 9.58. The summed E-state index contributed by atoms with van der Waals surface area (Å²) in [6.45, 7) is 1.91. The van der Waals surface area contributed by atoms with Crippen LogP contribution in [0, 0.1) is 6.92 Å². The predicted molar refractivity (Wildman–Crippen MR) is 64.5 cm³/mol. The monoisotopic (exact) mass is 251 g/mol. The Kier molecular flexibility index (Phi) is 2.99. The molecular formula is C11H13N3O2S. The molecule has 0 amide bonds. The summed E-state index contributed by atoms with van der Waals surface area (Å²) >= 11 is 0. The maximum atomic E-state index is 11.8. The maximum absolute atomic E-state index is 11.8. The molecule has 2 rings (SSSR count). The van der Waals surface area contributed by atoms with Crippen molar-refractivity contribution < 1.29 is 8.42 Å². The van der Waals surface area contributed by atoms with Crippen molar-refractivity contribution in [2.45, 2.75) is 11.9 Å². The minimum absolute atomic E-state index is 0.134. The van der Waals surface area contributed by atoms with E-state index in [1.54, 1.807) is 0 Å². The molecule has 17 heavy (non-hydrogen) atoms. The molecule has 0 aliphatic heterocycles. The minimum Gasteiger partial charge on any atom is -0.220 e. The van der Waals surface area contributed by atoms with Crippen LogP contribution < -0.4 is 4.72 Å². The van der Waals surface area contributed by atoms with Crippen LogP contribution in [0.5, 0.6) is 0 Å². The molecule has 0 saturated heterocycles. The number of benzene rings is 1. The third kappa shape index (κ3) is 2.09. The summed E-state index contributed by atoms with van der Waals surface area (Å²) in [4.78, 5) is 0. The Morgan fingerprint density at radius 3 is 2.59 bits per heavy atom. The van der Waals surface area contributed by atoms with Crippen molar-refractivity contribution in [1.29, 1.82) is 0 Å². The van der Waals surface area contributed by atoms with E-state index in [0.717, 1.165) is 11.3 Å². The van der Waals surface area contributed by atoms with Gasteiger partial charge in [-0.15, -0.1) is 0 Å². The number of sulfonamides is 1. The van der Waals surface area contributed by atoms with Gasteiger partial charge in [0.05, 0.1) is 11.9 Å². The molecule has 0 spiro atoms. The molecule has 2 aromatic rings. The van der Waals surface area contributed by atoms with E-state index in [-0.39, 0.29) is 5.03 Å². The van der Waals surface area contributed by atoms with Crippen LogP contribution in [0.25, 0.3) is 5.69 Å². The van der Waals surface area contributed by atoms with E-state index in [4.69, 9.17) is 0 Å². The molecule has 1 N–H and O–H groups in total. The van der Waals surface area contributed by atoms with Gasteiger partial charge in [0.25, 0.3) is 10.0 Å². The standard InChI is InChI=1S/C11H13N3O2S/c1-9-5-3-4-6-10(9)14-11(7-8-13-14)17(15,16)12-2/h3-8,12H,1-2H3. The van der Waals surface area contributed by atoms with E-state index in [1.807, 2.05) is 31.2 Å². The average Bonchev–Trinajstić information content (AvgIpc) is 2.79. The second-order valence-corrected chi connectivity index (χ2v) is 5.41. The van der Waals surface area contributed by atoms with Gasteiger partial charge in [0.15, 0.2) is 5.03 Å². The Morgan fingerprint density at radius 2 is 1.94 bits per heavy atom. The van der Waals surface area contributed by atoms with E-state index in [9.17, 15) is 8.42 Å². The molecule has 0 aliphatic rings. The van der Waals surface area contributed by atoms with Gasteiger partial charge in [0.2, 0.25) is 0 Å². The lowest BCUT2D eigenvalue weighted by molar-refractivity contribution is 0.578. The van der Waals surface area contributed by atoms with Crippen LogP contribution in [0.2, 0.25) is 0 Å². The molecule has 1 aromatic heterocycles. The van der Waals surface area contributed by atoms with Crippen molar-refractivity contribution in [1.82, 2.24) is 14.5 Å². The predicted octanol–water partition coefficient (Wildman–Crippen LogP) is 1.09. The first-order chi connectivity index (χ1) is 8.06. The lowest BCUT2D eigenvalue weighted by Gasteiger charge is -2.09. The Morgan fingerprint density at radius 1 is 1.24 bits per heavy atom. The number of aryl methyl sites for hydroxylation is 1. The number of hydrogen-bond donors (Lipinski definition) is 1. The van der Waals surface area contributed by atoms with Gasteiger partial charge in [-0.3, -0.25) is 0 Å². The first-order valence-electron chi connectivity index (χ1n) is 5.10. The molecule has 0 radical (unpaired) electrons. The summed E-state index contributed by atoms with van der Waals surface area (Å²) in [5.74, 6) is 0. The van der Waals surface area contributed by atoms with E-state index >= 15 is 0 Å². The number of rotatable bonds is 3. The van der Waals surface area contributed by atoms with Gasteiger partial charge in [0.1, 0.15) is 0 Å². The minimum atomic E-state index is -3.50. The van der Waals surface area contributed by atoms with E-state index < -0.39 is 10.0 Å². The van der Waals surface area contributed by atoms with Gasteiger partial charge in [-0.2, -0.15) is 5.10 Å². The zero-order valence-corrected chi connectivity index (χ0v) is 10.4. The Labute approximate surface area is 100 Å². The van der Waals surface area contributed by atoms with E-state index in [1.165, 1.54) is 24.0 Å². The van der Waals surface area contributed by atoms with Crippen molar-refractivity contribution >= 4 is 10.0 Å². The Balaban J connectivity index is 2.64. The highest BCUT2D eigenvalue weighted by Crippen LogP contribution is 2.17. The number of para-hydroxylation sites is 1. The maximum Gasteiger partial charge on any atom is 0.257 e. The summed E-state index contributed by atoms with van der Waals surface area (Å²) in [7, 11) is -2.12. The van der Waals surface area contributed by atoms with Gasteiger partial charge in [-0.05, 0) is 31.7 Å². The highest BCUT2D eigenvalue weighted by atomic mass is 32.2. The van der Waals surface area contributed by atoms with E-state index in [0.29, 0.717) is 0 Å². The molecule has 0 saturated carbocycles. The zero-order chi connectivity index (χ0) is 12.5. The fourth-order valence-electron chi connectivity index (χ4n) is 1.58. The lowest BCUT2D eigenvalue weighted by Crippen LogP contribution is -2.22. The van der Waals surface area contributed by atoms with Crippen LogP contribution >= 0.6 is 0 Å². The molecule has 90 valence electrons. The van der Waals surface area contributed by atoms with Crippen molar-refractivity contribution in [2.24, 2.45) is 0 Å². The van der Waals surface area contributed by atoms with E-state index in [2.05, 4.69) is 9.82 Å². The summed E-state index contributed by atoms with van der Waals surface area (Å²) in [5.41, 5.74) is 1.72. The first-order valence-corrected chi connectivity index (χ1v) is 6.58. The van der Waals surface area contributed by atoms with Crippen LogP contribution in [-0.2, 0) is 10.0 Å². The average molecular weight is 251 g/mol. The largest absolute Gasteiger partial charge is 0.257 e. The molecule has 1 aromatic carbocycles. The number of hydrogen-bond acceptors (Lipinski definition) is 3. The SMILES string of the molecule is CNS(=O)(=O)c1ccnn1-c1ccccc1C. The molecule has 5 nitrogen and oxygen atoms in total. The summed E-state index contributed by atoms with van der Waals surface area (Å²) < 4.78 is 27.3. The smallest absolute Gasteiger partial charge is 0.220 e. The van der Waals surface area contributed by atoms with Crippen LogP contribution in [-0.4, -0.2) is 25.2 Å². The van der Waals surface area contributed by atoms with Gasteiger partial charge in [0, 0.05) is 0 Å². The van der Waals surface area contributed by atoms with Gasteiger partial charge < -0.3 is 0 Å². The number of nitrogens with zero attached hydrogens (tertiary/aromatic N) is 2. The van der Waals surface area contributed by atoms with Gasteiger partial charge >= 0.3 is 0 Å². The summed E-state index contributed by atoms with van der Waals surface area (Å²) in [6.07, 6.45) is 1.47. The normalized spacial score (nSPS) is 11.6. The molecule has 1 heterocycles. The molecule has 0 aliphatic carbocycles. The molecule has 0 unspecified atom stereocenters. The second-order valence-electron chi connectivity index (χ2n) is 3.58. The van der Waals surface area contributed by atoms with Crippen molar-refractivity contribution in [3.8, 4) is 5.69 Å². The third-order valence-electron chi connectivity index (χ3n) is 2.50. The summed E-state index contributed by atoms with van der Waals surface area (Å²) in [6, 6.07) is 8.95. The second kappa shape index (κ2) is 4.31. The molecule has 0 fully saturated rings. The molecule has 0 bridgehead atoms. The first kappa shape index (κ1) is 11.8. The topological polar surface area (TPSA) is 64.0 Å². The lowest BCUT2D eigenvalue weighted by atomic mass is 10.2. The van der Waals surface area contributed by atoms with Crippen LogP contribution in [0.3, 0.4) is 0 Å². The fraction of sp³-hybridized carbons (Fsp3) is 0.182. The molecular weight excluding hydrogens is 238 g/mol. The Hall–Kier alpha value is -1.66. The fourth-order valence-corrected chi connectivity index (χ4v) is 2.40. The van der Waals surface area contributed by atoms with Crippen LogP contribution in [0.4, 0.5) is 0 Å². The van der Waals surface area contributed by atoms with Crippen molar-refractivity contribution in [3.05, 3.63) is 42.1 Å². The Bertz CT molecular complexity index is 632. The van der Waals surface area contributed by atoms with Crippen molar-refractivity contribution in [2.75, 3.05) is 7.05 Å². The van der Waals surface area contributed by atoms with Crippen LogP contribution in [0.1, 0.15) is 5.56 Å². The quantitative estimate of drug-likeness (QED) is 0.888. The van der Waals surface area contributed by atoms with Crippen LogP contribution in [0.15, 0.2) is 41.6 Å². The van der Waals surface area contributed by atoms with Gasteiger partial charge in [-0.25, -0.2) is 17.8 Å². The molecule has 0 atom stereocenters. The van der Waals surface area contributed by atoms with Gasteiger partial charge in [-0.1, -0.05) is 18.2 Å². The summed E-state index contributed by atoms with van der Waals surface area (Å²) in [5, 5.41) is 4.19. The third-order valence-corrected chi connectivity index (χ3v) is 3.89.